The Labute approximate surface area is 168 Å². The zero-order valence-corrected chi connectivity index (χ0v) is 16.5. The van der Waals surface area contributed by atoms with E-state index in [0.29, 0.717) is 12.3 Å². The molecule has 9 heteroatoms. The lowest BCUT2D eigenvalue weighted by atomic mass is 10.1. The van der Waals surface area contributed by atoms with Gasteiger partial charge in [0.1, 0.15) is 0 Å². The van der Waals surface area contributed by atoms with Crippen LogP contribution in [0.1, 0.15) is 24.0 Å². The van der Waals surface area contributed by atoms with Crippen molar-refractivity contribution >= 4 is 23.1 Å². The van der Waals surface area contributed by atoms with E-state index < -0.39 is 11.7 Å². The largest absolute Gasteiger partial charge is 0.416 e. The summed E-state index contributed by atoms with van der Waals surface area (Å²) in [5, 5.41) is 11.4. The SMILES string of the molecule is FC(F)(F)c1ccc(CSc2nnc(-c3cccs3)n2CC2CCCO2)cc1. The average Bonchev–Trinajstić information content (AvgIpc) is 3.42. The summed E-state index contributed by atoms with van der Waals surface area (Å²) in [5.41, 5.74) is 0.171. The van der Waals surface area contributed by atoms with Crippen LogP contribution < -0.4 is 0 Å². The minimum atomic E-state index is -4.32. The molecule has 0 spiro atoms. The number of alkyl halides is 3. The van der Waals surface area contributed by atoms with Gasteiger partial charge in [0, 0.05) is 12.4 Å². The van der Waals surface area contributed by atoms with Crippen molar-refractivity contribution in [2.24, 2.45) is 0 Å². The van der Waals surface area contributed by atoms with Crippen molar-refractivity contribution in [3.8, 4) is 10.7 Å². The van der Waals surface area contributed by atoms with E-state index in [2.05, 4.69) is 14.8 Å². The molecule has 0 aliphatic carbocycles. The van der Waals surface area contributed by atoms with Gasteiger partial charge in [-0.15, -0.1) is 21.5 Å². The minimum absolute atomic E-state index is 0.139. The van der Waals surface area contributed by atoms with Crippen molar-refractivity contribution in [2.45, 2.75) is 42.6 Å². The van der Waals surface area contributed by atoms with Crippen LogP contribution in [-0.2, 0) is 23.2 Å². The molecule has 0 radical (unpaired) electrons. The van der Waals surface area contributed by atoms with Crippen molar-refractivity contribution in [3.63, 3.8) is 0 Å². The molecule has 1 saturated heterocycles. The number of halogens is 3. The lowest BCUT2D eigenvalue weighted by molar-refractivity contribution is -0.137. The molecule has 4 rings (SSSR count). The highest BCUT2D eigenvalue weighted by molar-refractivity contribution is 7.98. The van der Waals surface area contributed by atoms with Gasteiger partial charge in [-0.1, -0.05) is 30.0 Å². The molecule has 28 heavy (non-hydrogen) atoms. The summed E-state index contributed by atoms with van der Waals surface area (Å²) in [6.07, 6.45) is -2.12. The van der Waals surface area contributed by atoms with Crippen molar-refractivity contribution in [1.29, 1.82) is 0 Å². The van der Waals surface area contributed by atoms with Crippen LogP contribution in [0.3, 0.4) is 0 Å². The van der Waals surface area contributed by atoms with Gasteiger partial charge >= 0.3 is 6.18 Å². The monoisotopic (exact) mass is 425 g/mol. The van der Waals surface area contributed by atoms with Gasteiger partial charge < -0.3 is 4.74 Å². The van der Waals surface area contributed by atoms with E-state index in [1.54, 1.807) is 11.3 Å². The lowest BCUT2D eigenvalue weighted by Crippen LogP contribution is -2.16. The van der Waals surface area contributed by atoms with Crippen molar-refractivity contribution in [3.05, 3.63) is 52.9 Å². The van der Waals surface area contributed by atoms with Gasteiger partial charge in [0.05, 0.1) is 23.1 Å². The summed E-state index contributed by atoms with van der Waals surface area (Å²) in [6, 6.07) is 9.23. The second-order valence-corrected chi connectivity index (χ2v) is 8.40. The fourth-order valence-corrected chi connectivity index (χ4v) is 4.70. The summed E-state index contributed by atoms with van der Waals surface area (Å²) >= 11 is 3.07. The van der Waals surface area contributed by atoms with E-state index in [1.807, 2.05) is 17.5 Å². The molecular weight excluding hydrogens is 407 g/mol. The molecule has 1 unspecified atom stereocenters. The maximum Gasteiger partial charge on any atom is 0.416 e. The van der Waals surface area contributed by atoms with E-state index in [4.69, 9.17) is 4.74 Å². The highest BCUT2D eigenvalue weighted by Gasteiger charge is 2.30. The van der Waals surface area contributed by atoms with E-state index in [1.165, 1.54) is 23.9 Å². The van der Waals surface area contributed by atoms with Gasteiger partial charge in [0.2, 0.25) is 0 Å². The maximum absolute atomic E-state index is 12.7. The molecular formula is C19H18F3N3OS2. The third-order valence-corrected chi connectivity index (χ3v) is 6.42. The molecule has 2 aromatic heterocycles. The Bertz CT molecular complexity index is 902. The number of aromatic nitrogens is 3. The van der Waals surface area contributed by atoms with Crippen LogP contribution in [0.5, 0.6) is 0 Å². The molecule has 0 saturated carbocycles. The molecule has 1 atom stereocenters. The van der Waals surface area contributed by atoms with Crippen LogP contribution in [0.4, 0.5) is 13.2 Å². The standard InChI is InChI=1S/C19H18F3N3OS2/c20-19(21,22)14-7-5-13(6-8-14)12-28-18-24-23-17(16-4-2-10-27-16)25(18)11-15-3-1-9-26-15/h2,4-8,10,15H,1,3,9,11-12H2. The highest BCUT2D eigenvalue weighted by Crippen LogP contribution is 2.32. The van der Waals surface area contributed by atoms with Gasteiger partial charge in [-0.3, -0.25) is 4.57 Å². The Balaban J connectivity index is 1.52. The number of thioether (sulfide) groups is 1. The minimum Gasteiger partial charge on any atom is -0.376 e. The van der Waals surface area contributed by atoms with E-state index in [-0.39, 0.29) is 6.10 Å². The second kappa shape index (κ2) is 8.26. The first-order valence-electron chi connectivity index (χ1n) is 8.88. The first-order valence-corrected chi connectivity index (χ1v) is 10.7. The lowest BCUT2D eigenvalue weighted by Gasteiger charge is -2.14. The van der Waals surface area contributed by atoms with E-state index >= 15 is 0 Å². The summed E-state index contributed by atoms with van der Waals surface area (Å²) in [4.78, 5) is 1.03. The fraction of sp³-hybridized carbons (Fsp3) is 0.368. The first kappa shape index (κ1) is 19.5. The summed E-state index contributed by atoms with van der Waals surface area (Å²) in [5.74, 6) is 1.33. The van der Waals surface area contributed by atoms with Gasteiger partial charge in [0.25, 0.3) is 0 Å². The summed E-state index contributed by atoms with van der Waals surface area (Å²) in [6.45, 7) is 1.45. The zero-order chi connectivity index (χ0) is 19.6. The van der Waals surface area contributed by atoms with Gasteiger partial charge in [-0.05, 0) is 42.0 Å². The normalized spacial score (nSPS) is 17.3. The molecule has 0 amide bonds. The number of hydrogen-bond acceptors (Lipinski definition) is 5. The number of benzene rings is 1. The van der Waals surface area contributed by atoms with Crippen molar-refractivity contribution in [1.82, 2.24) is 14.8 Å². The Morgan fingerprint density at radius 2 is 2.00 bits per heavy atom. The summed E-state index contributed by atoms with van der Waals surface area (Å²) < 4.78 is 46.0. The third kappa shape index (κ3) is 4.42. The smallest absolute Gasteiger partial charge is 0.376 e. The van der Waals surface area contributed by atoms with Crippen LogP contribution in [0.15, 0.2) is 46.9 Å². The Morgan fingerprint density at radius 1 is 1.18 bits per heavy atom. The maximum atomic E-state index is 12.7. The third-order valence-electron chi connectivity index (χ3n) is 4.52. The molecule has 3 heterocycles. The fourth-order valence-electron chi connectivity index (χ4n) is 3.08. The van der Waals surface area contributed by atoms with Crippen molar-refractivity contribution < 1.29 is 17.9 Å². The highest BCUT2D eigenvalue weighted by atomic mass is 32.2. The van der Waals surface area contributed by atoms with Gasteiger partial charge in [-0.2, -0.15) is 13.2 Å². The average molecular weight is 426 g/mol. The van der Waals surface area contributed by atoms with Crippen LogP contribution in [-0.4, -0.2) is 27.5 Å². The van der Waals surface area contributed by atoms with Gasteiger partial charge in [-0.25, -0.2) is 0 Å². The number of nitrogens with zero attached hydrogens (tertiary/aromatic N) is 3. The second-order valence-electron chi connectivity index (χ2n) is 6.51. The topological polar surface area (TPSA) is 39.9 Å². The van der Waals surface area contributed by atoms with Crippen LogP contribution in [0.25, 0.3) is 10.7 Å². The van der Waals surface area contributed by atoms with E-state index in [9.17, 15) is 13.2 Å². The van der Waals surface area contributed by atoms with Crippen LogP contribution in [0.2, 0.25) is 0 Å². The number of thiophene rings is 1. The molecule has 3 aromatic rings. The predicted molar refractivity (Wildman–Crippen MR) is 103 cm³/mol. The Kier molecular flexibility index (Phi) is 5.75. The molecule has 1 aliphatic heterocycles. The van der Waals surface area contributed by atoms with E-state index in [0.717, 1.165) is 53.0 Å². The summed E-state index contributed by atoms with van der Waals surface area (Å²) in [7, 11) is 0. The molecule has 0 N–H and O–H groups in total. The number of rotatable bonds is 6. The predicted octanol–water partition coefficient (Wildman–Crippen LogP) is 5.50. The number of hydrogen-bond donors (Lipinski definition) is 0. The Morgan fingerprint density at radius 3 is 2.64 bits per heavy atom. The molecule has 148 valence electrons. The molecule has 0 bridgehead atoms. The quantitative estimate of drug-likeness (QED) is 0.489. The van der Waals surface area contributed by atoms with Crippen LogP contribution in [0, 0.1) is 0 Å². The molecule has 4 nitrogen and oxygen atoms in total. The van der Waals surface area contributed by atoms with Gasteiger partial charge in [0.15, 0.2) is 11.0 Å². The zero-order valence-electron chi connectivity index (χ0n) is 14.9. The van der Waals surface area contributed by atoms with Crippen molar-refractivity contribution in [2.75, 3.05) is 6.61 Å². The molecule has 1 fully saturated rings. The first-order chi connectivity index (χ1) is 13.5. The molecule has 1 aliphatic rings. The number of ether oxygens (including phenoxy) is 1. The Hall–Kier alpha value is -1.84. The molecule has 1 aromatic carbocycles. The van der Waals surface area contributed by atoms with Crippen LogP contribution >= 0.6 is 23.1 Å².